The summed E-state index contributed by atoms with van der Waals surface area (Å²) in [5.41, 5.74) is 0.356. The molecule has 0 aliphatic carbocycles. The van der Waals surface area contributed by atoms with Crippen LogP contribution in [0.2, 0.25) is 5.02 Å². The van der Waals surface area contributed by atoms with Gasteiger partial charge in [-0.25, -0.2) is 0 Å². The maximum Gasteiger partial charge on any atom is 0.416 e. The summed E-state index contributed by atoms with van der Waals surface area (Å²) in [7, 11) is 0. The van der Waals surface area contributed by atoms with Gasteiger partial charge in [0.25, 0.3) is 0 Å². The van der Waals surface area contributed by atoms with Crippen LogP contribution in [0.4, 0.5) is 24.5 Å². The summed E-state index contributed by atoms with van der Waals surface area (Å²) >= 11 is 11.0. The Bertz CT molecular complexity index is 641. The van der Waals surface area contributed by atoms with Crippen LogP contribution in [0.5, 0.6) is 0 Å². The lowest BCUT2D eigenvalue weighted by Crippen LogP contribution is -2.19. The number of thiocarbonyl (C=S) groups is 1. The molecule has 0 saturated heterocycles. The molecule has 0 heterocycles. The monoisotopic (exact) mass is 330 g/mol. The first kappa shape index (κ1) is 15.6. The lowest BCUT2D eigenvalue weighted by Gasteiger charge is -2.12. The van der Waals surface area contributed by atoms with Crippen molar-refractivity contribution in [2.75, 3.05) is 10.6 Å². The zero-order valence-electron chi connectivity index (χ0n) is 10.5. The van der Waals surface area contributed by atoms with Crippen LogP contribution in [0.25, 0.3) is 0 Å². The first-order chi connectivity index (χ1) is 9.86. The number of hydrogen-bond acceptors (Lipinski definition) is 1. The largest absolute Gasteiger partial charge is 0.416 e. The zero-order chi connectivity index (χ0) is 15.5. The van der Waals surface area contributed by atoms with Crippen LogP contribution in [0.3, 0.4) is 0 Å². The minimum Gasteiger partial charge on any atom is -0.332 e. The molecule has 110 valence electrons. The predicted molar refractivity (Wildman–Crippen MR) is 82.7 cm³/mol. The van der Waals surface area contributed by atoms with Crippen molar-refractivity contribution in [3.63, 3.8) is 0 Å². The Labute approximate surface area is 129 Å². The first-order valence-electron chi connectivity index (χ1n) is 5.86. The van der Waals surface area contributed by atoms with Crippen molar-refractivity contribution in [3.05, 3.63) is 59.1 Å². The predicted octanol–water partition coefficient (Wildman–Crippen LogP) is 5.17. The highest BCUT2D eigenvalue weighted by Crippen LogP contribution is 2.29. The molecule has 0 bridgehead atoms. The van der Waals surface area contributed by atoms with Gasteiger partial charge in [-0.05, 0) is 48.6 Å². The molecule has 2 aromatic carbocycles. The Balaban J connectivity index is 2.02. The molecule has 0 fully saturated rings. The van der Waals surface area contributed by atoms with Gasteiger partial charge >= 0.3 is 6.18 Å². The molecule has 0 amide bonds. The van der Waals surface area contributed by atoms with Crippen molar-refractivity contribution in [2.45, 2.75) is 6.18 Å². The molecule has 0 atom stereocenters. The van der Waals surface area contributed by atoms with E-state index in [0.717, 1.165) is 12.1 Å². The zero-order valence-corrected chi connectivity index (χ0v) is 12.1. The normalized spacial score (nSPS) is 11.0. The van der Waals surface area contributed by atoms with Crippen molar-refractivity contribution in [2.24, 2.45) is 0 Å². The molecule has 7 heteroatoms. The molecule has 0 unspecified atom stereocenters. The fourth-order valence-electron chi connectivity index (χ4n) is 1.59. The van der Waals surface area contributed by atoms with E-state index < -0.39 is 11.7 Å². The quantitative estimate of drug-likeness (QED) is 0.743. The Morgan fingerprint density at radius 3 is 2.14 bits per heavy atom. The Morgan fingerprint density at radius 2 is 1.57 bits per heavy atom. The number of rotatable bonds is 2. The van der Waals surface area contributed by atoms with Gasteiger partial charge in [0.15, 0.2) is 5.11 Å². The van der Waals surface area contributed by atoms with Gasteiger partial charge in [-0.1, -0.05) is 23.7 Å². The van der Waals surface area contributed by atoms with Crippen LogP contribution >= 0.6 is 23.8 Å². The highest BCUT2D eigenvalue weighted by atomic mass is 35.5. The van der Waals surface area contributed by atoms with E-state index in [0.29, 0.717) is 16.4 Å². The van der Waals surface area contributed by atoms with Crippen LogP contribution in [0.1, 0.15) is 5.56 Å². The number of hydrogen-bond donors (Lipinski definition) is 2. The van der Waals surface area contributed by atoms with Gasteiger partial charge in [0.05, 0.1) is 16.3 Å². The van der Waals surface area contributed by atoms with Crippen LogP contribution < -0.4 is 10.6 Å². The van der Waals surface area contributed by atoms with Crippen LogP contribution in [-0.2, 0) is 6.18 Å². The highest BCUT2D eigenvalue weighted by Gasteiger charge is 2.29. The van der Waals surface area contributed by atoms with Gasteiger partial charge in [0.2, 0.25) is 0 Å². The number of para-hydroxylation sites is 1. The summed E-state index contributed by atoms with van der Waals surface area (Å²) < 4.78 is 37.3. The third kappa shape index (κ3) is 4.34. The van der Waals surface area contributed by atoms with Crippen LogP contribution in [0, 0.1) is 0 Å². The molecule has 2 N–H and O–H groups in total. The summed E-state index contributed by atoms with van der Waals surface area (Å²) in [6, 6.07) is 11.6. The molecule has 0 aliphatic heterocycles. The third-order valence-electron chi connectivity index (χ3n) is 2.59. The number of anilines is 2. The smallest absolute Gasteiger partial charge is 0.332 e. The highest BCUT2D eigenvalue weighted by molar-refractivity contribution is 7.80. The van der Waals surface area contributed by atoms with E-state index in [-0.39, 0.29) is 5.11 Å². The second-order valence-electron chi connectivity index (χ2n) is 4.13. The minimum atomic E-state index is -4.35. The lowest BCUT2D eigenvalue weighted by molar-refractivity contribution is -0.137. The van der Waals surface area contributed by atoms with Crippen LogP contribution in [0.15, 0.2) is 48.5 Å². The van der Waals surface area contributed by atoms with Gasteiger partial charge in [-0.15, -0.1) is 0 Å². The number of halogens is 4. The van der Waals surface area contributed by atoms with E-state index in [9.17, 15) is 13.2 Å². The van der Waals surface area contributed by atoms with E-state index in [1.165, 1.54) is 12.1 Å². The van der Waals surface area contributed by atoms with Crippen molar-refractivity contribution < 1.29 is 13.2 Å². The van der Waals surface area contributed by atoms with E-state index in [1.807, 2.05) is 0 Å². The molecule has 0 radical (unpaired) electrons. The van der Waals surface area contributed by atoms with Crippen molar-refractivity contribution >= 4 is 40.3 Å². The molecule has 2 rings (SSSR count). The van der Waals surface area contributed by atoms with Crippen molar-refractivity contribution in [3.8, 4) is 0 Å². The second kappa shape index (κ2) is 6.32. The molecule has 0 aromatic heterocycles. The molecule has 2 aromatic rings. The molecular weight excluding hydrogens is 321 g/mol. The first-order valence-corrected chi connectivity index (χ1v) is 6.64. The molecule has 0 saturated carbocycles. The fraction of sp³-hybridized carbons (Fsp3) is 0.0714. The fourth-order valence-corrected chi connectivity index (χ4v) is 2.00. The van der Waals surface area contributed by atoms with Gasteiger partial charge in [-0.3, -0.25) is 0 Å². The van der Waals surface area contributed by atoms with E-state index in [1.54, 1.807) is 24.3 Å². The molecule has 0 spiro atoms. The average molecular weight is 331 g/mol. The van der Waals surface area contributed by atoms with Gasteiger partial charge in [0, 0.05) is 5.69 Å². The Kier molecular flexibility index (Phi) is 4.69. The van der Waals surface area contributed by atoms with Crippen LogP contribution in [-0.4, -0.2) is 5.11 Å². The minimum absolute atomic E-state index is 0.239. The lowest BCUT2D eigenvalue weighted by atomic mass is 10.2. The standard InChI is InChI=1S/C14H10ClF3N2S/c15-11-3-1-2-4-12(11)20-13(21)19-10-7-5-9(6-8-10)14(16,17)18/h1-8H,(H2,19,20,21). The van der Waals surface area contributed by atoms with Gasteiger partial charge < -0.3 is 10.6 Å². The number of nitrogens with one attached hydrogen (secondary N) is 2. The number of alkyl halides is 3. The SMILES string of the molecule is FC(F)(F)c1ccc(NC(=S)Nc2ccccc2Cl)cc1. The maximum absolute atomic E-state index is 12.4. The van der Waals surface area contributed by atoms with E-state index in [2.05, 4.69) is 10.6 Å². The summed E-state index contributed by atoms with van der Waals surface area (Å²) in [5, 5.41) is 6.39. The van der Waals surface area contributed by atoms with Gasteiger partial charge in [0.1, 0.15) is 0 Å². The van der Waals surface area contributed by atoms with E-state index in [4.69, 9.17) is 23.8 Å². The second-order valence-corrected chi connectivity index (χ2v) is 4.95. The van der Waals surface area contributed by atoms with Crippen molar-refractivity contribution in [1.82, 2.24) is 0 Å². The molecule has 0 aliphatic rings. The number of benzene rings is 2. The summed E-state index contributed by atoms with van der Waals surface area (Å²) in [4.78, 5) is 0. The molecular formula is C14H10ClF3N2S. The van der Waals surface area contributed by atoms with Gasteiger partial charge in [-0.2, -0.15) is 13.2 Å². The molecule has 2 nitrogen and oxygen atoms in total. The average Bonchev–Trinajstić information content (AvgIpc) is 2.41. The van der Waals surface area contributed by atoms with Crippen molar-refractivity contribution in [1.29, 1.82) is 0 Å². The summed E-state index contributed by atoms with van der Waals surface area (Å²) in [6.45, 7) is 0. The Morgan fingerprint density at radius 1 is 0.952 bits per heavy atom. The maximum atomic E-state index is 12.4. The topological polar surface area (TPSA) is 24.1 Å². The molecule has 21 heavy (non-hydrogen) atoms. The Hall–Kier alpha value is -1.79. The third-order valence-corrected chi connectivity index (χ3v) is 3.13. The summed E-state index contributed by atoms with van der Waals surface area (Å²) in [6.07, 6.45) is -4.35. The van der Waals surface area contributed by atoms with E-state index >= 15 is 0 Å². The summed E-state index contributed by atoms with van der Waals surface area (Å²) in [5.74, 6) is 0.